The number of methoxy groups -OCH3 is 2. The van der Waals surface area contributed by atoms with Gasteiger partial charge in [0.2, 0.25) is 5.95 Å². The van der Waals surface area contributed by atoms with Crippen LogP contribution in [-0.4, -0.2) is 29.0 Å². The Balaban J connectivity index is 1.65. The van der Waals surface area contributed by atoms with Crippen LogP contribution in [0.4, 0.5) is 5.95 Å². The third-order valence-electron chi connectivity index (χ3n) is 5.91. The summed E-state index contributed by atoms with van der Waals surface area (Å²) in [5, 5.41) is 10.7. The molecule has 1 N–H and O–H groups in total. The van der Waals surface area contributed by atoms with E-state index in [9.17, 15) is 0 Å². The van der Waals surface area contributed by atoms with Crippen molar-refractivity contribution in [1.29, 1.82) is 0 Å². The second-order valence-corrected chi connectivity index (χ2v) is 9.06. The van der Waals surface area contributed by atoms with Crippen LogP contribution in [0.3, 0.4) is 0 Å². The van der Waals surface area contributed by atoms with Crippen LogP contribution in [0.5, 0.6) is 17.2 Å². The number of aromatic nitrogens is 3. The van der Waals surface area contributed by atoms with Gasteiger partial charge in [-0.05, 0) is 47.8 Å². The molecule has 33 heavy (non-hydrogen) atoms. The molecule has 0 saturated carbocycles. The van der Waals surface area contributed by atoms with Gasteiger partial charge in [0.1, 0.15) is 29.6 Å². The van der Waals surface area contributed by atoms with Crippen LogP contribution in [0.2, 0.25) is 5.02 Å². The number of rotatable bonds is 4. The Bertz CT molecular complexity index is 1380. The van der Waals surface area contributed by atoms with E-state index >= 15 is 0 Å². The fourth-order valence-electron chi connectivity index (χ4n) is 4.46. The molecule has 4 heterocycles. The SMILES string of the molecule is COc1ccc(OC)c([C@@H]2Oc3ccc(Cl)cc3C3=C2[C@@H](c2cccs2)n2ncnc2N3)c1. The molecule has 2 aliphatic heterocycles. The van der Waals surface area contributed by atoms with E-state index < -0.39 is 6.10 Å². The topological polar surface area (TPSA) is 70.4 Å². The summed E-state index contributed by atoms with van der Waals surface area (Å²) in [7, 11) is 3.30. The Morgan fingerprint density at radius 1 is 1.12 bits per heavy atom. The van der Waals surface area contributed by atoms with Gasteiger partial charge in [0, 0.05) is 26.6 Å². The van der Waals surface area contributed by atoms with Crippen molar-refractivity contribution >= 4 is 34.6 Å². The molecule has 2 aromatic carbocycles. The minimum atomic E-state index is -0.462. The molecule has 0 spiro atoms. The van der Waals surface area contributed by atoms with Crippen molar-refractivity contribution in [2.45, 2.75) is 12.1 Å². The van der Waals surface area contributed by atoms with Crippen molar-refractivity contribution in [3.8, 4) is 17.2 Å². The number of fused-ring (bicyclic) bond motifs is 3. The lowest BCUT2D eigenvalue weighted by atomic mass is 9.86. The summed E-state index contributed by atoms with van der Waals surface area (Å²) in [6.07, 6.45) is 1.10. The van der Waals surface area contributed by atoms with E-state index in [0.717, 1.165) is 38.8 Å². The van der Waals surface area contributed by atoms with Crippen molar-refractivity contribution in [2.75, 3.05) is 19.5 Å². The largest absolute Gasteiger partial charge is 0.497 e. The number of ether oxygens (including phenoxy) is 3. The molecule has 6 rings (SSSR count). The minimum Gasteiger partial charge on any atom is -0.497 e. The molecule has 2 aromatic heterocycles. The van der Waals surface area contributed by atoms with Crippen molar-refractivity contribution in [3.63, 3.8) is 0 Å². The van der Waals surface area contributed by atoms with Gasteiger partial charge in [0.05, 0.1) is 19.9 Å². The molecule has 0 bridgehead atoms. The predicted octanol–water partition coefficient (Wildman–Crippen LogP) is 5.57. The first-order chi connectivity index (χ1) is 16.2. The highest BCUT2D eigenvalue weighted by atomic mass is 35.5. The molecule has 2 aliphatic rings. The second-order valence-electron chi connectivity index (χ2n) is 7.65. The number of hydrogen-bond donors (Lipinski definition) is 1. The quantitative estimate of drug-likeness (QED) is 0.413. The van der Waals surface area contributed by atoms with Crippen LogP contribution in [-0.2, 0) is 0 Å². The number of halogens is 1. The first kappa shape index (κ1) is 20.1. The van der Waals surface area contributed by atoms with Crippen LogP contribution < -0.4 is 19.5 Å². The molecule has 166 valence electrons. The minimum absolute atomic E-state index is 0.216. The zero-order chi connectivity index (χ0) is 22.5. The highest BCUT2D eigenvalue weighted by Crippen LogP contribution is 2.53. The number of nitrogens with zero attached hydrogens (tertiary/aromatic N) is 3. The molecule has 2 atom stereocenters. The van der Waals surface area contributed by atoms with Gasteiger partial charge in [-0.3, -0.25) is 0 Å². The van der Waals surface area contributed by atoms with Gasteiger partial charge >= 0.3 is 0 Å². The van der Waals surface area contributed by atoms with E-state index in [0.29, 0.717) is 16.7 Å². The monoisotopic (exact) mass is 478 g/mol. The van der Waals surface area contributed by atoms with Gasteiger partial charge in [-0.2, -0.15) is 10.1 Å². The van der Waals surface area contributed by atoms with Crippen LogP contribution in [0.1, 0.15) is 28.1 Å². The average molecular weight is 479 g/mol. The number of hydrogen-bond acceptors (Lipinski definition) is 7. The summed E-state index contributed by atoms with van der Waals surface area (Å²) in [6, 6.07) is 15.3. The normalized spacial score (nSPS) is 18.5. The standard InChI is InChI=1S/C24H19ClN4O3S/c1-30-14-6-8-17(31-2)16(11-14)23-20-21(15-10-13(25)5-7-18(15)32-23)28-24-26-12-27-29(24)22(20)19-4-3-9-33-19/h3-12,22-23H,1-2H3,(H,26,27,28)/t22-,23+/m1/s1. The number of thiophene rings is 1. The van der Waals surface area contributed by atoms with E-state index in [2.05, 4.69) is 26.8 Å². The van der Waals surface area contributed by atoms with Gasteiger partial charge in [-0.25, -0.2) is 4.68 Å². The van der Waals surface area contributed by atoms with Gasteiger partial charge in [0.25, 0.3) is 0 Å². The third-order valence-corrected chi connectivity index (χ3v) is 7.07. The van der Waals surface area contributed by atoms with Gasteiger partial charge in [-0.15, -0.1) is 11.3 Å². The lowest BCUT2D eigenvalue weighted by molar-refractivity contribution is 0.217. The summed E-state index contributed by atoms with van der Waals surface area (Å²) in [4.78, 5) is 5.58. The highest BCUT2D eigenvalue weighted by Gasteiger charge is 2.42. The third kappa shape index (κ3) is 3.17. The zero-order valence-electron chi connectivity index (χ0n) is 17.8. The summed E-state index contributed by atoms with van der Waals surface area (Å²) in [5.41, 5.74) is 3.65. The first-order valence-electron chi connectivity index (χ1n) is 10.3. The molecule has 0 aliphatic carbocycles. The van der Waals surface area contributed by atoms with Crippen LogP contribution in [0, 0.1) is 0 Å². The Hall–Kier alpha value is -3.49. The van der Waals surface area contributed by atoms with E-state index in [4.69, 9.17) is 25.8 Å². The second kappa shape index (κ2) is 7.83. The molecule has 4 aromatic rings. The number of anilines is 1. The Morgan fingerprint density at radius 2 is 2.03 bits per heavy atom. The highest BCUT2D eigenvalue weighted by molar-refractivity contribution is 7.10. The predicted molar refractivity (Wildman–Crippen MR) is 127 cm³/mol. The molecule has 0 unspecified atom stereocenters. The van der Waals surface area contributed by atoms with Crippen LogP contribution >= 0.6 is 22.9 Å². The van der Waals surface area contributed by atoms with Gasteiger partial charge in [0.15, 0.2) is 6.10 Å². The lowest BCUT2D eigenvalue weighted by Crippen LogP contribution is -2.32. The maximum atomic E-state index is 6.66. The summed E-state index contributed by atoms with van der Waals surface area (Å²) < 4.78 is 19.8. The van der Waals surface area contributed by atoms with E-state index in [1.807, 2.05) is 47.1 Å². The molecular formula is C24H19ClN4O3S. The summed E-state index contributed by atoms with van der Waals surface area (Å²) in [5.74, 6) is 2.81. The fraction of sp³-hybridized carbons (Fsp3) is 0.167. The van der Waals surface area contributed by atoms with Gasteiger partial charge < -0.3 is 19.5 Å². The van der Waals surface area contributed by atoms with Gasteiger partial charge in [-0.1, -0.05) is 17.7 Å². The van der Waals surface area contributed by atoms with Crippen molar-refractivity contribution in [1.82, 2.24) is 14.8 Å². The summed E-state index contributed by atoms with van der Waals surface area (Å²) in [6.45, 7) is 0. The first-order valence-corrected chi connectivity index (χ1v) is 11.6. The average Bonchev–Trinajstić information content (AvgIpc) is 3.54. The molecule has 0 amide bonds. The Morgan fingerprint density at radius 3 is 2.82 bits per heavy atom. The lowest BCUT2D eigenvalue weighted by Gasteiger charge is -2.38. The Labute approximate surface area is 199 Å². The summed E-state index contributed by atoms with van der Waals surface area (Å²) >= 11 is 8.05. The van der Waals surface area contributed by atoms with Crippen LogP contribution in [0.25, 0.3) is 5.70 Å². The molecule has 0 saturated heterocycles. The smallest absolute Gasteiger partial charge is 0.226 e. The molecular weight excluding hydrogens is 460 g/mol. The van der Waals surface area contributed by atoms with E-state index in [-0.39, 0.29) is 6.04 Å². The van der Waals surface area contributed by atoms with Crippen molar-refractivity contribution in [2.24, 2.45) is 0 Å². The Kier molecular flexibility index (Phi) is 4.78. The zero-order valence-corrected chi connectivity index (χ0v) is 19.4. The van der Waals surface area contributed by atoms with Crippen molar-refractivity contribution in [3.05, 3.63) is 86.8 Å². The fourth-order valence-corrected chi connectivity index (χ4v) is 5.46. The van der Waals surface area contributed by atoms with Crippen molar-refractivity contribution < 1.29 is 14.2 Å². The molecule has 0 fully saturated rings. The van der Waals surface area contributed by atoms with E-state index in [1.54, 1.807) is 31.9 Å². The van der Waals surface area contributed by atoms with Crippen LogP contribution in [0.15, 0.2) is 65.8 Å². The maximum Gasteiger partial charge on any atom is 0.226 e. The number of benzene rings is 2. The number of nitrogens with one attached hydrogen (secondary N) is 1. The molecule has 9 heteroatoms. The van der Waals surface area contributed by atoms with E-state index in [1.165, 1.54) is 0 Å². The maximum absolute atomic E-state index is 6.66. The molecule has 0 radical (unpaired) electrons. The molecule has 7 nitrogen and oxygen atoms in total.